The van der Waals surface area contributed by atoms with Crippen molar-refractivity contribution in [3.8, 4) is 0 Å². The number of rotatable bonds is 8. The number of amides is 1. The Morgan fingerprint density at radius 1 is 1.07 bits per heavy atom. The topological polar surface area (TPSA) is 26.8 Å². The van der Waals surface area contributed by atoms with E-state index < -0.39 is 0 Å². The summed E-state index contributed by atoms with van der Waals surface area (Å²) in [6, 6.07) is 16.5. The van der Waals surface area contributed by atoms with Crippen LogP contribution in [0, 0.1) is 11.7 Å². The summed E-state index contributed by atoms with van der Waals surface area (Å²) in [6.45, 7) is 4.81. The van der Waals surface area contributed by atoms with Crippen molar-refractivity contribution < 1.29 is 9.18 Å². The molecule has 0 aliphatic carbocycles. The van der Waals surface area contributed by atoms with Gasteiger partial charge in [-0.2, -0.15) is 0 Å². The fraction of sp³-hybridized carbons (Fsp3) is 0.458. The predicted molar refractivity (Wildman–Crippen MR) is 115 cm³/mol. The van der Waals surface area contributed by atoms with Gasteiger partial charge in [0.25, 0.3) is 5.91 Å². The van der Waals surface area contributed by atoms with E-state index in [1.54, 1.807) is 6.07 Å². The van der Waals surface area contributed by atoms with Gasteiger partial charge in [0.05, 0.1) is 0 Å². The molecule has 1 atom stereocenters. The van der Waals surface area contributed by atoms with Crippen molar-refractivity contribution in [1.82, 2.24) is 14.7 Å². The van der Waals surface area contributed by atoms with Crippen LogP contribution in [0.15, 0.2) is 54.6 Å². The number of benzene rings is 2. The number of likely N-dealkylation sites (N-methyl/N-ethyl adjacent to an activating group) is 1. The monoisotopic (exact) mass is 397 g/mol. The first kappa shape index (κ1) is 21.5. The van der Waals surface area contributed by atoms with Gasteiger partial charge in [-0.25, -0.2) is 4.39 Å². The second kappa shape index (κ2) is 10.5. The van der Waals surface area contributed by atoms with Gasteiger partial charge in [-0.3, -0.25) is 9.69 Å². The molecule has 156 valence electrons. The molecule has 1 aliphatic rings. The number of halogens is 1. The van der Waals surface area contributed by atoms with Crippen molar-refractivity contribution >= 4 is 5.91 Å². The second-order valence-electron chi connectivity index (χ2n) is 8.26. The average molecular weight is 398 g/mol. The van der Waals surface area contributed by atoms with E-state index >= 15 is 0 Å². The van der Waals surface area contributed by atoms with Crippen molar-refractivity contribution in [2.45, 2.75) is 19.4 Å². The fourth-order valence-electron chi connectivity index (χ4n) is 3.98. The Kier molecular flexibility index (Phi) is 7.78. The minimum atomic E-state index is -0.138. The molecule has 3 rings (SSSR count). The molecule has 0 spiro atoms. The average Bonchev–Trinajstić information content (AvgIpc) is 2.73. The third-order valence-electron chi connectivity index (χ3n) is 5.56. The number of carbonyl (C=O) groups excluding carboxylic acids is 1. The largest absolute Gasteiger partial charge is 0.337 e. The normalized spacial score (nSPS) is 17.4. The van der Waals surface area contributed by atoms with Gasteiger partial charge in [0.1, 0.15) is 5.82 Å². The van der Waals surface area contributed by atoms with Crippen LogP contribution in [0.5, 0.6) is 0 Å². The molecular weight excluding hydrogens is 365 g/mol. The SMILES string of the molecule is CN(C)CCN(C[C@@H]1CCCN(Cc2ccccc2F)C1)C(=O)c1ccccc1. The summed E-state index contributed by atoms with van der Waals surface area (Å²) >= 11 is 0. The van der Waals surface area contributed by atoms with Crippen LogP contribution in [0.25, 0.3) is 0 Å². The van der Waals surface area contributed by atoms with Gasteiger partial charge in [-0.1, -0.05) is 36.4 Å². The third kappa shape index (κ3) is 6.38. The maximum Gasteiger partial charge on any atom is 0.253 e. The Bertz CT molecular complexity index is 781. The molecular formula is C24H32FN3O. The number of hydrogen-bond acceptors (Lipinski definition) is 3. The van der Waals surface area contributed by atoms with Crippen LogP contribution < -0.4 is 0 Å². The van der Waals surface area contributed by atoms with Gasteiger partial charge in [0.15, 0.2) is 0 Å². The molecule has 0 aromatic heterocycles. The summed E-state index contributed by atoms with van der Waals surface area (Å²) in [5, 5.41) is 0. The molecule has 2 aromatic carbocycles. The van der Waals surface area contributed by atoms with Crippen molar-refractivity contribution in [1.29, 1.82) is 0 Å². The van der Waals surface area contributed by atoms with Gasteiger partial charge in [0.2, 0.25) is 0 Å². The standard InChI is InChI=1S/C24H32FN3O/c1-26(2)15-16-28(24(29)21-10-4-3-5-11-21)18-20-9-8-14-27(17-20)19-22-12-6-7-13-23(22)25/h3-7,10-13,20H,8-9,14-19H2,1-2H3/t20-/m1/s1. The highest BCUT2D eigenvalue weighted by Crippen LogP contribution is 2.21. The minimum absolute atomic E-state index is 0.0960. The highest BCUT2D eigenvalue weighted by molar-refractivity contribution is 5.94. The Morgan fingerprint density at radius 3 is 2.52 bits per heavy atom. The van der Waals surface area contributed by atoms with Crippen LogP contribution in [0.1, 0.15) is 28.8 Å². The number of carbonyl (C=O) groups is 1. The van der Waals surface area contributed by atoms with Crippen LogP contribution >= 0.6 is 0 Å². The number of piperidine rings is 1. The molecule has 0 saturated carbocycles. The first-order chi connectivity index (χ1) is 14.0. The number of nitrogens with zero attached hydrogens (tertiary/aromatic N) is 3. The number of hydrogen-bond donors (Lipinski definition) is 0. The van der Waals surface area contributed by atoms with E-state index in [9.17, 15) is 9.18 Å². The third-order valence-corrected chi connectivity index (χ3v) is 5.56. The highest BCUT2D eigenvalue weighted by Gasteiger charge is 2.25. The van der Waals surface area contributed by atoms with E-state index in [4.69, 9.17) is 0 Å². The van der Waals surface area contributed by atoms with Crippen LogP contribution in [0.4, 0.5) is 4.39 Å². The summed E-state index contributed by atoms with van der Waals surface area (Å²) in [6.07, 6.45) is 2.19. The lowest BCUT2D eigenvalue weighted by molar-refractivity contribution is 0.0660. The Hall–Kier alpha value is -2.24. The summed E-state index contributed by atoms with van der Waals surface area (Å²) in [7, 11) is 4.06. The molecule has 1 fully saturated rings. The van der Waals surface area contributed by atoms with Crippen LogP contribution in [-0.4, -0.2) is 67.4 Å². The molecule has 29 heavy (non-hydrogen) atoms. The predicted octanol–water partition coefficient (Wildman–Crippen LogP) is 3.74. The molecule has 1 amide bonds. The van der Waals surface area contributed by atoms with Crippen molar-refractivity contribution in [2.75, 3.05) is 46.8 Å². The molecule has 1 saturated heterocycles. The molecule has 1 heterocycles. The second-order valence-corrected chi connectivity index (χ2v) is 8.26. The van der Waals surface area contributed by atoms with Gasteiger partial charge < -0.3 is 9.80 Å². The lowest BCUT2D eigenvalue weighted by Crippen LogP contribution is -2.44. The molecule has 0 bridgehead atoms. The Labute approximate surface area is 173 Å². The van der Waals surface area contributed by atoms with Crippen molar-refractivity contribution in [3.05, 3.63) is 71.5 Å². The van der Waals surface area contributed by atoms with E-state index in [0.717, 1.165) is 50.1 Å². The lowest BCUT2D eigenvalue weighted by atomic mass is 9.96. The van der Waals surface area contributed by atoms with Crippen LogP contribution in [0.2, 0.25) is 0 Å². The van der Waals surface area contributed by atoms with Crippen molar-refractivity contribution in [3.63, 3.8) is 0 Å². The maximum atomic E-state index is 14.0. The fourth-order valence-corrected chi connectivity index (χ4v) is 3.98. The smallest absolute Gasteiger partial charge is 0.253 e. The molecule has 0 unspecified atom stereocenters. The van der Waals surface area contributed by atoms with Gasteiger partial charge in [-0.05, 0) is 57.6 Å². The molecule has 1 aliphatic heterocycles. The zero-order chi connectivity index (χ0) is 20.6. The maximum absolute atomic E-state index is 14.0. The summed E-state index contributed by atoms with van der Waals surface area (Å²) < 4.78 is 14.0. The molecule has 0 radical (unpaired) electrons. The van der Waals surface area contributed by atoms with Crippen molar-refractivity contribution in [2.24, 2.45) is 5.92 Å². The van der Waals surface area contributed by atoms with Crippen LogP contribution in [0.3, 0.4) is 0 Å². The minimum Gasteiger partial charge on any atom is -0.337 e. The first-order valence-electron chi connectivity index (χ1n) is 10.5. The number of likely N-dealkylation sites (tertiary alicyclic amines) is 1. The molecule has 0 N–H and O–H groups in total. The quantitative estimate of drug-likeness (QED) is 0.679. The van der Waals surface area contributed by atoms with E-state index in [0.29, 0.717) is 19.0 Å². The van der Waals surface area contributed by atoms with Crippen LogP contribution in [-0.2, 0) is 6.54 Å². The van der Waals surface area contributed by atoms with Gasteiger partial charge >= 0.3 is 0 Å². The summed E-state index contributed by atoms with van der Waals surface area (Å²) in [4.78, 5) is 19.5. The first-order valence-corrected chi connectivity index (χ1v) is 10.5. The Morgan fingerprint density at radius 2 is 1.79 bits per heavy atom. The zero-order valence-corrected chi connectivity index (χ0v) is 17.6. The van der Waals surface area contributed by atoms with E-state index in [1.807, 2.05) is 61.5 Å². The molecule has 5 heteroatoms. The van der Waals surface area contributed by atoms with E-state index in [-0.39, 0.29) is 11.7 Å². The summed E-state index contributed by atoms with van der Waals surface area (Å²) in [5.41, 5.74) is 1.49. The van der Waals surface area contributed by atoms with Gasteiger partial charge in [0, 0.05) is 43.9 Å². The van der Waals surface area contributed by atoms with Gasteiger partial charge in [-0.15, -0.1) is 0 Å². The van der Waals surface area contributed by atoms with E-state index in [1.165, 1.54) is 6.07 Å². The van der Waals surface area contributed by atoms with E-state index in [2.05, 4.69) is 9.80 Å². The lowest BCUT2D eigenvalue weighted by Gasteiger charge is -2.36. The Balaban J connectivity index is 1.64. The molecule has 4 nitrogen and oxygen atoms in total. The highest BCUT2D eigenvalue weighted by atomic mass is 19.1. The zero-order valence-electron chi connectivity index (χ0n) is 17.6. The molecule has 2 aromatic rings. The summed E-state index contributed by atoms with van der Waals surface area (Å²) in [5.74, 6) is 0.366.